The molecule has 3 nitrogen and oxygen atoms in total. The zero-order chi connectivity index (χ0) is 12.7. The van der Waals surface area contributed by atoms with Crippen molar-refractivity contribution in [1.82, 2.24) is 9.55 Å². The van der Waals surface area contributed by atoms with Gasteiger partial charge in [-0.2, -0.15) is 0 Å². The van der Waals surface area contributed by atoms with E-state index >= 15 is 0 Å². The van der Waals surface area contributed by atoms with Crippen LogP contribution < -0.4 is 5.69 Å². The number of aromatic nitrogens is 2. The summed E-state index contributed by atoms with van der Waals surface area (Å²) in [5, 5.41) is 0.659. The van der Waals surface area contributed by atoms with E-state index in [9.17, 15) is 4.79 Å². The second kappa shape index (κ2) is 4.03. The first kappa shape index (κ1) is 11.1. The van der Waals surface area contributed by atoms with Crippen LogP contribution in [0.4, 0.5) is 0 Å². The predicted molar refractivity (Wildman–Crippen MR) is 73.6 cm³/mol. The van der Waals surface area contributed by atoms with Crippen LogP contribution >= 0.6 is 11.6 Å². The number of H-pyrrole nitrogens is 1. The van der Waals surface area contributed by atoms with Crippen molar-refractivity contribution in [1.29, 1.82) is 0 Å². The molecule has 0 aliphatic rings. The van der Waals surface area contributed by atoms with Crippen molar-refractivity contribution < 1.29 is 0 Å². The van der Waals surface area contributed by atoms with Gasteiger partial charge in [-0.25, -0.2) is 4.79 Å². The molecule has 0 saturated carbocycles. The Balaban J connectivity index is 2.46. The SMILES string of the molecule is Cc1c(Cl)ccc2[nH]c(=O)n(-c3ccccc3)c12. The average molecular weight is 259 g/mol. The van der Waals surface area contributed by atoms with Gasteiger partial charge in [-0.05, 0) is 36.8 Å². The molecule has 90 valence electrons. The van der Waals surface area contributed by atoms with Gasteiger partial charge < -0.3 is 4.98 Å². The highest BCUT2D eigenvalue weighted by Crippen LogP contribution is 2.25. The van der Waals surface area contributed by atoms with Crippen LogP contribution in [0.15, 0.2) is 47.3 Å². The topological polar surface area (TPSA) is 37.8 Å². The number of hydrogen-bond acceptors (Lipinski definition) is 1. The molecule has 0 atom stereocenters. The molecule has 0 unspecified atom stereocenters. The van der Waals surface area contributed by atoms with Crippen LogP contribution in [0.25, 0.3) is 16.7 Å². The van der Waals surface area contributed by atoms with Crippen molar-refractivity contribution in [2.24, 2.45) is 0 Å². The first-order valence-electron chi connectivity index (χ1n) is 5.64. The van der Waals surface area contributed by atoms with E-state index in [-0.39, 0.29) is 5.69 Å². The number of halogens is 1. The van der Waals surface area contributed by atoms with Crippen LogP contribution in [0.2, 0.25) is 5.02 Å². The number of fused-ring (bicyclic) bond motifs is 1. The number of nitrogens with one attached hydrogen (secondary N) is 1. The first-order chi connectivity index (χ1) is 8.68. The number of benzene rings is 2. The van der Waals surface area contributed by atoms with Gasteiger partial charge in [0, 0.05) is 5.02 Å². The molecule has 1 heterocycles. The molecule has 0 aliphatic heterocycles. The molecule has 1 N–H and O–H groups in total. The molecule has 0 fully saturated rings. The summed E-state index contributed by atoms with van der Waals surface area (Å²) in [6.45, 7) is 1.91. The first-order valence-corrected chi connectivity index (χ1v) is 6.01. The number of hydrogen-bond donors (Lipinski definition) is 1. The van der Waals surface area contributed by atoms with Crippen LogP contribution in [0, 0.1) is 6.92 Å². The van der Waals surface area contributed by atoms with Gasteiger partial charge in [0.1, 0.15) is 0 Å². The lowest BCUT2D eigenvalue weighted by molar-refractivity contribution is 1.01. The summed E-state index contributed by atoms with van der Waals surface area (Å²) in [4.78, 5) is 14.9. The van der Waals surface area contributed by atoms with Gasteiger partial charge in [0.05, 0.1) is 16.7 Å². The molecule has 1 aromatic heterocycles. The smallest absolute Gasteiger partial charge is 0.305 e. The summed E-state index contributed by atoms with van der Waals surface area (Å²) in [5.41, 5.74) is 3.21. The lowest BCUT2D eigenvalue weighted by Gasteiger charge is -2.06. The maximum absolute atomic E-state index is 12.1. The van der Waals surface area contributed by atoms with Crippen LogP contribution in [-0.4, -0.2) is 9.55 Å². The third-order valence-electron chi connectivity index (χ3n) is 3.05. The zero-order valence-corrected chi connectivity index (χ0v) is 10.5. The molecular weight excluding hydrogens is 248 g/mol. The Kier molecular flexibility index (Phi) is 2.49. The Bertz CT molecular complexity index is 772. The second-order valence-corrected chi connectivity index (χ2v) is 4.58. The van der Waals surface area contributed by atoms with Gasteiger partial charge in [-0.3, -0.25) is 4.57 Å². The molecular formula is C14H11ClN2O. The molecule has 0 aliphatic carbocycles. The monoisotopic (exact) mass is 258 g/mol. The summed E-state index contributed by atoms with van der Waals surface area (Å²) >= 11 is 6.13. The van der Waals surface area contributed by atoms with Crippen LogP contribution in [0.3, 0.4) is 0 Å². The largest absolute Gasteiger partial charge is 0.331 e. The Morgan fingerprint density at radius 1 is 1.11 bits per heavy atom. The molecule has 0 spiro atoms. The summed E-state index contributed by atoms with van der Waals surface area (Å²) in [6.07, 6.45) is 0. The highest BCUT2D eigenvalue weighted by Gasteiger charge is 2.12. The summed E-state index contributed by atoms with van der Waals surface area (Å²) in [5.74, 6) is 0. The minimum absolute atomic E-state index is 0.151. The van der Waals surface area contributed by atoms with E-state index in [4.69, 9.17) is 11.6 Å². The Morgan fingerprint density at radius 2 is 1.83 bits per heavy atom. The van der Waals surface area contributed by atoms with E-state index < -0.39 is 0 Å². The van der Waals surface area contributed by atoms with Crippen molar-refractivity contribution in [3.63, 3.8) is 0 Å². The summed E-state index contributed by atoms with van der Waals surface area (Å²) in [7, 11) is 0. The summed E-state index contributed by atoms with van der Waals surface area (Å²) < 4.78 is 1.65. The standard InChI is InChI=1S/C14H11ClN2O/c1-9-11(15)7-8-12-13(9)17(14(18)16-12)10-5-3-2-4-6-10/h2-8H,1H3,(H,16,18). The van der Waals surface area contributed by atoms with E-state index in [0.717, 1.165) is 22.3 Å². The van der Waals surface area contributed by atoms with Gasteiger partial charge in [-0.1, -0.05) is 29.8 Å². The molecule has 0 saturated heterocycles. The Hall–Kier alpha value is -2.00. The van der Waals surface area contributed by atoms with Gasteiger partial charge in [-0.15, -0.1) is 0 Å². The lowest BCUT2D eigenvalue weighted by Crippen LogP contribution is -2.14. The third-order valence-corrected chi connectivity index (χ3v) is 3.46. The minimum Gasteiger partial charge on any atom is -0.305 e. The number of rotatable bonds is 1. The van der Waals surface area contributed by atoms with E-state index in [2.05, 4.69) is 4.98 Å². The fourth-order valence-electron chi connectivity index (χ4n) is 2.16. The van der Waals surface area contributed by atoms with E-state index in [1.807, 2.05) is 43.3 Å². The van der Waals surface area contributed by atoms with Gasteiger partial charge in [0.15, 0.2) is 0 Å². The quantitative estimate of drug-likeness (QED) is 0.715. The second-order valence-electron chi connectivity index (χ2n) is 4.17. The van der Waals surface area contributed by atoms with E-state index in [0.29, 0.717) is 5.02 Å². The van der Waals surface area contributed by atoms with Crippen molar-refractivity contribution in [3.8, 4) is 5.69 Å². The fraction of sp³-hybridized carbons (Fsp3) is 0.0714. The van der Waals surface area contributed by atoms with Crippen molar-refractivity contribution in [3.05, 3.63) is 63.5 Å². The van der Waals surface area contributed by atoms with Gasteiger partial charge in [0.25, 0.3) is 0 Å². The Morgan fingerprint density at radius 3 is 2.56 bits per heavy atom. The van der Waals surface area contributed by atoms with Gasteiger partial charge in [0.2, 0.25) is 0 Å². The van der Waals surface area contributed by atoms with Crippen molar-refractivity contribution in [2.75, 3.05) is 0 Å². The number of para-hydroxylation sites is 1. The maximum atomic E-state index is 12.1. The molecule has 4 heteroatoms. The van der Waals surface area contributed by atoms with Crippen LogP contribution in [0.5, 0.6) is 0 Å². The molecule has 3 aromatic rings. The number of imidazole rings is 1. The maximum Gasteiger partial charge on any atom is 0.331 e. The van der Waals surface area contributed by atoms with E-state index in [1.165, 1.54) is 0 Å². The van der Waals surface area contributed by atoms with Gasteiger partial charge >= 0.3 is 5.69 Å². The lowest BCUT2D eigenvalue weighted by atomic mass is 10.2. The summed E-state index contributed by atoms with van der Waals surface area (Å²) in [6, 6.07) is 13.1. The highest BCUT2D eigenvalue weighted by molar-refractivity contribution is 6.32. The Labute approximate surface area is 109 Å². The van der Waals surface area contributed by atoms with E-state index in [1.54, 1.807) is 10.6 Å². The van der Waals surface area contributed by atoms with Crippen molar-refractivity contribution >= 4 is 22.6 Å². The average Bonchev–Trinajstić information content (AvgIpc) is 2.72. The number of aryl methyl sites for hydroxylation is 1. The zero-order valence-electron chi connectivity index (χ0n) is 9.77. The molecule has 18 heavy (non-hydrogen) atoms. The molecule has 0 amide bonds. The molecule has 0 radical (unpaired) electrons. The molecule has 2 aromatic carbocycles. The third kappa shape index (κ3) is 1.56. The molecule has 3 rings (SSSR count). The normalized spacial score (nSPS) is 11.0. The molecule has 0 bridgehead atoms. The fourth-order valence-corrected chi connectivity index (χ4v) is 2.31. The van der Waals surface area contributed by atoms with Crippen LogP contribution in [0.1, 0.15) is 5.56 Å². The predicted octanol–water partition coefficient (Wildman–Crippen LogP) is 3.28. The van der Waals surface area contributed by atoms with Crippen LogP contribution in [-0.2, 0) is 0 Å². The van der Waals surface area contributed by atoms with Crippen molar-refractivity contribution in [2.45, 2.75) is 6.92 Å². The highest BCUT2D eigenvalue weighted by atomic mass is 35.5. The number of aromatic amines is 1. The number of nitrogens with zero attached hydrogens (tertiary/aromatic N) is 1. The minimum atomic E-state index is -0.151.